The zero-order chi connectivity index (χ0) is 14.5. The molecule has 0 fully saturated rings. The molecular weight excluding hydrogens is 238 g/mol. The van der Waals surface area contributed by atoms with Crippen molar-refractivity contribution in [3.63, 3.8) is 0 Å². The highest BCUT2D eigenvalue weighted by atomic mass is 16.5. The maximum atomic E-state index is 5.34. The van der Waals surface area contributed by atoms with Gasteiger partial charge in [0, 0.05) is 12.1 Å². The van der Waals surface area contributed by atoms with Crippen LogP contribution in [0, 0.1) is 0 Å². The van der Waals surface area contributed by atoms with Crippen molar-refractivity contribution in [3.8, 4) is 11.5 Å². The summed E-state index contributed by atoms with van der Waals surface area (Å²) >= 11 is 0. The lowest BCUT2D eigenvalue weighted by molar-refractivity contribution is 0.386. The first-order chi connectivity index (χ1) is 8.89. The van der Waals surface area contributed by atoms with Crippen molar-refractivity contribution in [2.75, 3.05) is 20.8 Å². The molecule has 108 valence electrons. The van der Waals surface area contributed by atoms with Gasteiger partial charge in [0.2, 0.25) is 0 Å². The predicted octanol–water partition coefficient (Wildman–Crippen LogP) is 3.37. The molecule has 1 N–H and O–H groups in total. The third-order valence-electron chi connectivity index (χ3n) is 3.44. The maximum absolute atomic E-state index is 5.34. The lowest BCUT2D eigenvalue weighted by Gasteiger charge is -2.27. The summed E-state index contributed by atoms with van der Waals surface area (Å²) < 4.78 is 10.7. The third kappa shape index (κ3) is 4.75. The van der Waals surface area contributed by atoms with E-state index in [2.05, 4.69) is 45.1 Å². The first-order valence-corrected chi connectivity index (χ1v) is 6.86. The minimum absolute atomic E-state index is 0.0870. The van der Waals surface area contributed by atoms with Crippen LogP contribution in [0.2, 0.25) is 0 Å². The minimum atomic E-state index is 0.0870. The fraction of sp³-hybridized carbons (Fsp3) is 0.625. The highest BCUT2D eigenvalue weighted by molar-refractivity contribution is 5.41. The molecule has 0 heterocycles. The molecule has 3 nitrogen and oxygen atoms in total. The van der Waals surface area contributed by atoms with E-state index in [1.807, 2.05) is 6.07 Å². The van der Waals surface area contributed by atoms with E-state index in [0.717, 1.165) is 24.5 Å². The van der Waals surface area contributed by atoms with Crippen molar-refractivity contribution < 1.29 is 9.47 Å². The molecule has 0 saturated carbocycles. The van der Waals surface area contributed by atoms with Gasteiger partial charge in [0.15, 0.2) is 0 Å². The highest BCUT2D eigenvalue weighted by Crippen LogP contribution is 2.33. The number of benzene rings is 1. The molecule has 0 saturated heterocycles. The number of hydrogen-bond acceptors (Lipinski definition) is 3. The molecule has 0 spiro atoms. The zero-order valence-electron chi connectivity index (χ0n) is 13.0. The number of nitrogens with one attached hydrogen (secondary N) is 1. The van der Waals surface area contributed by atoms with Crippen molar-refractivity contribution >= 4 is 0 Å². The van der Waals surface area contributed by atoms with Crippen molar-refractivity contribution in [2.24, 2.45) is 0 Å². The molecule has 0 bridgehead atoms. The van der Waals surface area contributed by atoms with Gasteiger partial charge in [-0.25, -0.2) is 0 Å². The summed E-state index contributed by atoms with van der Waals surface area (Å²) in [6, 6.07) is 6.62. The molecule has 0 aliphatic carbocycles. The van der Waals surface area contributed by atoms with Crippen LogP contribution >= 0.6 is 0 Å². The van der Waals surface area contributed by atoms with Gasteiger partial charge in [0.1, 0.15) is 11.5 Å². The van der Waals surface area contributed by atoms with E-state index in [0.29, 0.717) is 6.04 Å². The first kappa shape index (κ1) is 15.8. The van der Waals surface area contributed by atoms with Crippen LogP contribution in [0.3, 0.4) is 0 Å². The van der Waals surface area contributed by atoms with E-state index in [4.69, 9.17) is 9.47 Å². The topological polar surface area (TPSA) is 30.5 Å². The molecule has 1 aromatic carbocycles. The number of methoxy groups -OCH3 is 2. The molecule has 0 atom stereocenters. The van der Waals surface area contributed by atoms with Crippen molar-refractivity contribution in [2.45, 2.75) is 45.6 Å². The Kier molecular flexibility index (Phi) is 5.67. The van der Waals surface area contributed by atoms with E-state index in [-0.39, 0.29) is 5.41 Å². The molecule has 3 heteroatoms. The van der Waals surface area contributed by atoms with Gasteiger partial charge in [-0.3, -0.25) is 0 Å². The van der Waals surface area contributed by atoms with Gasteiger partial charge in [-0.05, 0) is 36.1 Å². The second kappa shape index (κ2) is 6.80. The van der Waals surface area contributed by atoms with Crippen molar-refractivity contribution in [1.29, 1.82) is 0 Å². The van der Waals surface area contributed by atoms with Crippen LogP contribution in [0.5, 0.6) is 11.5 Å². The average molecular weight is 265 g/mol. The summed E-state index contributed by atoms with van der Waals surface area (Å²) in [7, 11) is 3.37. The average Bonchev–Trinajstić information content (AvgIpc) is 2.37. The maximum Gasteiger partial charge on any atom is 0.122 e. The van der Waals surface area contributed by atoms with E-state index in [1.54, 1.807) is 14.2 Å². The molecule has 0 amide bonds. The Morgan fingerprint density at radius 2 is 1.58 bits per heavy atom. The van der Waals surface area contributed by atoms with Crippen LogP contribution in [0.1, 0.15) is 39.7 Å². The van der Waals surface area contributed by atoms with Crippen LogP contribution in [-0.2, 0) is 5.41 Å². The molecule has 0 aliphatic heterocycles. The molecule has 19 heavy (non-hydrogen) atoms. The fourth-order valence-electron chi connectivity index (χ4n) is 2.02. The van der Waals surface area contributed by atoms with Crippen molar-refractivity contribution in [1.82, 2.24) is 5.32 Å². The summed E-state index contributed by atoms with van der Waals surface area (Å²) in [5, 5.41) is 3.47. The number of ether oxygens (including phenoxy) is 2. The third-order valence-corrected chi connectivity index (χ3v) is 3.44. The van der Waals surface area contributed by atoms with Gasteiger partial charge in [-0.2, -0.15) is 0 Å². The second-order valence-electron chi connectivity index (χ2n) is 5.84. The lowest BCUT2D eigenvalue weighted by Crippen LogP contribution is -2.29. The Hall–Kier alpha value is -1.22. The van der Waals surface area contributed by atoms with Crippen LogP contribution in [0.25, 0.3) is 0 Å². The van der Waals surface area contributed by atoms with Gasteiger partial charge >= 0.3 is 0 Å². The summed E-state index contributed by atoms with van der Waals surface area (Å²) in [6.45, 7) is 9.85. The Morgan fingerprint density at radius 1 is 1.05 bits per heavy atom. The Balaban J connectivity index is 2.86. The van der Waals surface area contributed by atoms with E-state index < -0.39 is 0 Å². The van der Waals surface area contributed by atoms with Crippen molar-refractivity contribution in [3.05, 3.63) is 23.8 Å². The van der Waals surface area contributed by atoms with E-state index in [1.165, 1.54) is 5.56 Å². The quantitative estimate of drug-likeness (QED) is 0.820. The van der Waals surface area contributed by atoms with Gasteiger partial charge in [-0.1, -0.05) is 27.7 Å². The first-order valence-electron chi connectivity index (χ1n) is 6.86. The SMILES string of the molecule is COc1cc(OC)cc(C(C)(C)CCNC(C)C)c1. The molecular formula is C16H27NO2. The number of rotatable bonds is 7. The van der Waals surface area contributed by atoms with Crippen LogP contribution in [0.4, 0.5) is 0 Å². The monoisotopic (exact) mass is 265 g/mol. The largest absolute Gasteiger partial charge is 0.497 e. The molecule has 0 unspecified atom stereocenters. The van der Waals surface area contributed by atoms with Gasteiger partial charge in [0.05, 0.1) is 14.2 Å². The second-order valence-corrected chi connectivity index (χ2v) is 5.84. The number of hydrogen-bond donors (Lipinski definition) is 1. The Bertz CT molecular complexity index is 377. The zero-order valence-corrected chi connectivity index (χ0v) is 13.0. The summed E-state index contributed by atoms with van der Waals surface area (Å²) in [4.78, 5) is 0. The molecule has 1 rings (SSSR count). The van der Waals surface area contributed by atoms with Crippen LogP contribution in [-0.4, -0.2) is 26.8 Å². The highest BCUT2D eigenvalue weighted by Gasteiger charge is 2.22. The van der Waals surface area contributed by atoms with Crippen LogP contribution in [0.15, 0.2) is 18.2 Å². The van der Waals surface area contributed by atoms with E-state index >= 15 is 0 Å². The minimum Gasteiger partial charge on any atom is -0.497 e. The fourth-order valence-corrected chi connectivity index (χ4v) is 2.02. The Labute approximate surface area is 117 Å². The van der Waals surface area contributed by atoms with E-state index in [9.17, 15) is 0 Å². The molecule has 1 aromatic rings. The normalized spacial score (nSPS) is 11.7. The van der Waals surface area contributed by atoms with Gasteiger partial charge in [0.25, 0.3) is 0 Å². The standard InChI is InChI=1S/C16H27NO2/c1-12(2)17-8-7-16(3,4)13-9-14(18-5)11-15(10-13)19-6/h9-12,17H,7-8H2,1-6H3. The Morgan fingerprint density at radius 3 is 2.00 bits per heavy atom. The summed E-state index contributed by atoms with van der Waals surface area (Å²) in [5.41, 5.74) is 1.33. The smallest absolute Gasteiger partial charge is 0.122 e. The van der Waals surface area contributed by atoms with Crippen LogP contribution < -0.4 is 14.8 Å². The molecule has 0 aliphatic rings. The van der Waals surface area contributed by atoms with Gasteiger partial charge in [-0.15, -0.1) is 0 Å². The molecule has 0 radical (unpaired) electrons. The lowest BCUT2D eigenvalue weighted by atomic mass is 9.81. The van der Waals surface area contributed by atoms with Gasteiger partial charge < -0.3 is 14.8 Å². The molecule has 0 aromatic heterocycles. The predicted molar refractivity (Wildman–Crippen MR) is 80.3 cm³/mol. The summed E-state index contributed by atoms with van der Waals surface area (Å²) in [5.74, 6) is 1.69. The summed E-state index contributed by atoms with van der Waals surface area (Å²) in [6.07, 6.45) is 1.07.